The molecule has 10 heteroatoms. The number of aliphatic imine (C=N–C) groups is 1. The molecule has 1 aliphatic rings. The van der Waals surface area contributed by atoms with Crippen LogP contribution in [0.3, 0.4) is 0 Å². The van der Waals surface area contributed by atoms with Crippen molar-refractivity contribution in [3.05, 3.63) is 12.2 Å². The summed E-state index contributed by atoms with van der Waals surface area (Å²) in [5.41, 5.74) is 0. The van der Waals surface area contributed by atoms with Gasteiger partial charge in [0.2, 0.25) is 5.78 Å². The first-order valence-electron chi connectivity index (χ1n) is 13.6. The van der Waals surface area contributed by atoms with Crippen LogP contribution in [0.5, 0.6) is 0 Å². The number of aliphatic hydroxyl groups is 2. The van der Waals surface area contributed by atoms with E-state index >= 15 is 0 Å². The molecule has 1 heterocycles. The molecule has 0 aliphatic carbocycles. The zero-order valence-electron chi connectivity index (χ0n) is 22.7. The van der Waals surface area contributed by atoms with Crippen LogP contribution >= 0.6 is 0 Å². The molecule has 8 nitrogen and oxygen atoms in total. The Hall–Kier alpha value is -0.130. The van der Waals surface area contributed by atoms with Gasteiger partial charge in [-0.3, -0.25) is 9.28 Å². The standard InChI is InChI=1S/C26H48N2O6S.Na/c1-2-3-4-5-6-7-8-9-10-11-12-13-14-15-16-17-25(31)26-27-18-19-28(26,20-21-29)22-24(30)23-35(32,33)34;/h3-4,24,29-30H,2,5-23H2,1H3;/q;+1/b4-3+;. The van der Waals surface area contributed by atoms with E-state index in [2.05, 4.69) is 24.1 Å². The number of carbonyl (C=O) groups excluding carboxylic acids is 1. The van der Waals surface area contributed by atoms with Gasteiger partial charge in [0.1, 0.15) is 25.7 Å². The van der Waals surface area contributed by atoms with E-state index in [1.807, 2.05) is 0 Å². The number of amidine groups is 1. The van der Waals surface area contributed by atoms with Crippen molar-refractivity contribution in [3.8, 4) is 0 Å². The van der Waals surface area contributed by atoms with E-state index in [0.717, 1.165) is 25.7 Å². The summed E-state index contributed by atoms with van der Waals surface area (Å²) in [5, 5.41) is 19.6. The summed E-state index contributed by atoms with van der Waals surface area (Å²) >= 11 is 0. The number of ketones is 1. The van der Waals surface area contributed by atoms with E-state index in [4.69, 9.17) is 0 Å². The van der Waals surface area contributed by atoms with Crippen LogP contribution in [0.25, 0.3) is 0 Å². The maximum atomic E-state index is 12.8. The number of Topliss-reactive ketones (excluding diaryl/α,β-unsaturated/α-hetero) is 1. The molecule has 1 rings (SSSR count). The number of nitrogens with zero attached hydrogens (tertiary/aromatic N) is 2. The molecular weight excluding hydrogens is 491 g/mol. The molecule has 2 atom stereocenters. The first-order valence-corrected chi connectivity index (χ1v) is 15.1. The Morgan fingerprint density at radius 1 is 1.03 bits per heavy atom. The van der Waals surface area contributed by atoms with Crippen LogP contribution in [0.2, 0.25) is 0 Å². The van der Waals surface area contributed by atoms with Gasteiger partial charge in [-0.15, -0.1) is 0 Å². The van der Waals surface area contributed by atoms with Crippen molar-refractivity contribution < 1.29 is 62.0 Å². The Balaban J connectivity index is 0.0000122. The number of rotatable bonds is 22. The minimum atomic E-state index is -4.58. The first kappa shape index (κ1) is 35.9. The Labute approximate surface area is 241 Å². The summed E-state index contributed by atoms with van der Waals surface area (Å²) in [5.74, 6) is -0.725. The van der Waals surface area contributed by atoms with Gasteiger partial charge < -0.3 is 14.8 Å². The van der Waals surface area contributed by atoms with Gasteiger partial charge in [-0.05, 0) is 25.7 Å². The van der Waals surface area contributed by atoms with E-state index < -0.39 is 22.0 Å². The summed E-state index contributed by atoms with van der Waals surface area (Å²) < 4.78 is 32.9. The SMILES string of the molecule is CC/C=C/CCCCCCCCCCCCCC(=O)C1=NCC[N+]1(CCO)CC(O)CS(=O)(=O)[O-].[Na+]. The molecule has 0 aromatic rings. The van der Waals surface area contributed by atoms with Gasteiger partial charge in [0, 0.05) is 6.42 Å². The topological polar surface area (TPSA) is 127 Å². The summed E-state index contributed by atoms with van der Waals surface area (Å²) in [6.07, 6.45) is 18.9. The van der Waals surface area contributed by atoms with Crippen LogP contribution < -0.4 is 29.6 Å². The second-order valence-corrected chi connectivity index (χ2v) is 11.3. The fourth-order valence-corrected chi connectivity index (χ4v) is 5.44. The minimum absolute atomic E-state index is 0. The van der Waals surface area contributed by atoms with Crippen molar-refractivity contribution in [2.45, 2.75) is 103 Å². The van der Waals surface area contributed by atoms with Gasteiger partial charge in [0.25, 0.3) is 5.84 Å². The maximum Gasteiger partial charge on any atom is 1.00 e. The zero-order chi connectivity index (χ0) is 26.0. The third-order valence-electron chi connectivity index (χ3n) is 6.65. The van der Waals surface area contributed by atoms with Crippen molar-refractivity contribution in [1.82, 2.24) is 0 Å². The van der Waals surface area contributed by atoms with Gasteiger partial charge >= 0.3 is 29.6 Å². The fourth-order valence-electron chi connectivity index (χ4n) is 4.86. The quantitative estimate of drug-likeness (QED) is 0.0686. The van der Waals surface area contributed by atoms with E-state index in [1.165, 1.54) is 57.8 Å². The molecule has 204 valence electrons. The van der Waals surface area contributed by atoms with Crippen LogP contribution in [-0.2, 0) is 14.9 Å². The van der Waals surface area contributed by atoms with Crippen molar-refractivity contribution in [3.63, 3.8) is 0 Å². The molecule has 2 N–H and O–H groups in total. The summed E-state index contributed by atoms with van der Waals surface area (Å²) in [4.78, 5) is 17.2. The maximum absolute atomic E-state index is 12.8. The van der Waals surface area contributed by atoms with Crippen LogP contribution in [0.1, 0.15) is 96.8 Å². The average Bonchev–Trinajstić information content (AvgIpc) is 3.18. The summed E-state index contributed by atoms with van der Waals surface area (Å²) in [7, 11) is -4.58. The van der Waals surface area contributed by atoms with Crippen molar-refractivity contribution >= 4 is 21.7 Å². The molecule has 0 radical (unpaired) electrons. The summed E-state index contributed by atoms with van der Waals surface area (Å²) in [6, 6.07) is 0. The third kappa shape index (κ3) is 16.0. The fraction of sp³-hybridized carbons (Fsp3) is 0.846. The van der Waals surface area contributed by atoms with Crippen molar-refractivity contribution in [2.75, 3.05) is 38.5 Å². The predicted molar refractivity (Wildman–Crippen MR) is 139 cm³/mol. The summed E-state index contributed by atoms with van der Waals surface area (Å²) in [6.45, 7) is 2.79. The Morgan fingerprint density at radius 2 is 1.58 bits per heavy atom. The Bertz CT molecular complexity index is 760. The number of hydrogen-bond acceptors (Lipinski definition) is 7. The van der Waals surface area contributed by atoms with Crippen LogP contribution in [0.4, 0.5) is 0 Å². The second-order valence-electron chi connectivity index (χ2n) is 9.81. The van der Waals surface area contributed by atoms with Gasteiger partial charge in [-0.2, -0.15) is 0 Å². The van der Waals surface area contributed by atoms with E-state index in [-0.39, 0.29) is 59.5 Å². The molecule has 0 aromatic heterocycles. The molecule has 0 saturated carbocycles. The number of hydrogen-bond donors (Lipinski definition) is 2. The number of carbonyl (C=O) groups is 1. The monoisotopic (exact) mass is 539 g/mol. The molecule has 2 unspecified atom stereocenters. The minimum Gasteiger partial charge on any atom is -0.748 e. The average molecular weight is 540 g/mol. The van der Waals surface area contributed by atoms with E-state index in [9.17, 15) is 28.0 Å². The number of allylic oxidation sites excluding steroid dienone is 2. The van der Waals surface area contributed by atoms with Gasteiger partial charge in [0.05, 0.1) is 29.0 Å². The Morgan fingerprint density at radius 3 is 2.11 bits per heavy atom. The van der Waals surface area contributed by atoms with Crippen LogP contribution in [0.15, 0.2) is 17.1 Å². The predicted octanol–water partition coefficient (Wildman–Crippen LogP) is 0.724. The number of unbranched alkanes of at least 4 members (excludes halogenated alkanes) is 11. The van der Waals surface area contributed by atoms with E-state index in [0.29, 0.717) is 25.3 Å². The Kier molecular flexibility index (Phi) is 20.7. The van der Waals surface area contributed by atoms with E-state index in [1.54, 1.807) is 0 Å². The number of aliphatic hydroxyl groups excluding tert-OH is 2. The first-order chi connectivity index (χ1) is 16.7. The molecule has 0 spiro atoms. The molecule has 0 aromatic carbocycles. The molecule has 0 bridgehead atoms. The molecular formula is C26H48N2NaO6S+. The number of quaternary nitrogens is 1. The zero-order valence-corrected chi connectivity index (χ0v) is 25.5. The van der Waals surface area contributed by atoms with Gasteiger partial charge in [-0.1, -0.05) is 76.9 Å². The van der Waals surface area contributed by atoms with Crippen LogP contribution in [-0.4, -0.2) is 83.9 Å². The molecule has 0 fully saturated rings. The second kappa shape index (κ2) is 20.8. The normalized spacial score (nSPS) is 18.8. The third-order valence-corrected chi connectivity index (χ3v) is 7.44. The molecule has 1 aliphatic heterocycles. The van der Waals surface area contributed by atoms with Crippen molar-refractivity contribution in [1.29, 1.82) is 0 Å². The van der Waals surface area contributed by atoms with Crippen molar-refractivity contribution in [2.24, 2.45) is 4.99 Å². The van der Waals surface area contributed by atoms with Gasteiger partial charge in [0.15, 0.2) is 0 Å². The van der Waals surface area contributed by atoms with Crippen LogP contribution in [0, 0.1) is 0 Å². The molecule has 0 amide bonds. The molecule has 36 heavy (non-hydrogen) atoms. The van der Waals surface area contributed by atoms with Gasteiger partial charge in [-0.25, -0.2) is 13.4 Å². The molecule has 0 saturated heterocycles. The largest absolute Gasteiger partial charge is 1.00 e. The smallest absolute Gasteiger partial charge is 0.748 e.